The van der Waals surface area contributed by atoms with Crippen molar-refractivity contribution in [3.05, 3.63) is 77.4 Å². The van der Waals surface area contributed by atoms with Crippen LogP contribution in [0.2, 0.25) is 0 Å². The lowest BCUT2D eigenvalue weighted by Gasteiger charge is -2.13. The van der Waals surface area contributed by atoms with Crippen molar-refractivity contribution in [3.8, 4) is 17.2 Å². The van der Waals surface area contributed by atoms with E-state index in [1.165, 1.54) is 4.70 Å². The average molecular weight is 544 g/mol. The molecule has 0 saturated carbocycles. The van der Waals surface area contributed by atoms with Crippen molar-refractivity contribution in [2.75, 3.05) is 13.2 Å². The van der Waals surface area contributed by atoms with Crippen LogP contribution in [0, 0.1) is 0 Å². The molecule has 2 amide bonds. The second kappa shape index (κ2) is 12.1. The van der Waals surface area contributed by atoms with Gasteiger partial charge in [-0.1, -0.05) is 47.6 Å². The summed E-state index contributed by atoms with van der Waals surface area (Å²) in [7, 11) is 0. The fourth-order valence-electron chi connectivity index (χ4n) is 4.37. The minimum absolute atomic E-state index is 0.105. The normalized spacial score (nSPS) is 12.0. The Morgan fingerprint density at radius 2 is 1.82 bits per heavy atom. The van der Waals surface area contributed by atoms with Crippen LogP contribution in [0.5, 0.6) is 5.75 Å². The van der Waals surface area contributed by atoms with Gasteiger partial charge in [-0.25, -0.2) is 0 Å². The van der Waals surface area contributed by atoms with Gasteiger partial charge in [0.15, 0.2) is 5.82 Å². The summed E-state index contributed by atoms with van der Waals surface area (Å²) in [6, 6.07) is 19.3. The van der Waals surface area contributed by atoms with Gasteiger partial charge in [0.25, 0.3) is 5.89 Å². The summed E-state index contributed by atoms with van der Waals surface area (Å²) in [6.07, 6.45) is 1.84. The summed E-state index contributed by atoms with van der Waals surface area (Å²) in [5.74, 6) is 0.373. The van der Waals surface area contributed by atoms with E-state index in [1.54, 1.807) is 11.3 Å². The number of nitrogens with one attached hydrogen (secondary N) is 1. The second-order valence-corrected chi connectivity index (χ2v) is 10.2. The van der Waals surface area contributed by atoms with Crippen molar-refractivity contribution >= 4 is 44.0 Å². The van der Waals surface area contributed by atoms with Gasteiger partial charge in [0.05, 0.1) is 24.6 Å². The predicted molar refractivity (Wildman–Crippen MR) is 151 cm³/mol. The highest BCUT2D eigenvalue weighted by atomic mass is 32.1. The maximum Gasteiger partial charge on any atom is 0.261 e. The number of carbonyl (C=O) groups is 2. The molecule has 2 aromatic heterocycles. The third-order valence-electron chi connectivity index (χ3n) is 6.34. The molecule has 0 bridgehead atoms. The Morgan fingerprint density at radius 3 is 2.64 bits per heavy atom. The largest absolute Gasteiger partial charge is 0.493 e. The van der Waals surface area contributed by atoms with Crippen LogP contribution in [0.15, 0.2) is 70.6 Å². The third kappa shape index (κ3) is 6.42. The quantitative estimate of drug-likeness (QED) is 0.202. The van der Waals surface area contributed by atoms with Gasteiger partial charge in [0, 0.05) is 11.2 Å². The molecule has 0 aliphatic heterocycles. The van der Waals surface area contributed by atoms with E-state index in [0.717, 1.165) is 28.1 Å². The van der Waals surface area contributed by atoms with E-state index in [9.17, 15) is 9.59 Å². The summed E-state index contributed by atoms with van der Waals surface area (Å²) in [4.78, 5) is 28.1. The number of thiophene rings is 1. The lowest BCUT2D eigenvalue weighted by molar-refractivity contribution is -0.122. The Kier molecular flexibility index (Phi) is 8.14. The maximum absolute atomic E-state index is 12.5. The Morgan fingerprint density at radius 1 is 1.05 bits per heavy atom. The standard InChI is InChI=1S/C29H29N5O4S/c30-23(14-20-17-39-25-10-4-3-9-21(20)25)28(36)32-11-5-6-12-37-24-15-19-8-2-1-7-18(19)13-22(24)29-33-27(34-38-29)16-26(31)35/h1-4,7-10,13,15,17,23H,5-6,11-12,14,16,30H2,(H2,31,35)(H,32,36). The molecule has 0 aliphatic carbocycles. The number of rotatable bonds is 12. The number of aromatic nitrogens is 2. The SMILES string of the molecule is NC(=O)Cc1noc(-c2cc3ccccc3cc2OCCCCNC(=O)C(N)Cc2csc3ccccc23)n1. The number of nitrogens with two attached hydrogens (primary N) is 2. The number of amides is 2. The molecule has 5 N–H and O–H groups in total. The summed E-state index contributed by atoms with van der Waals surface area (Å²) in [5, 5.41) is 12.0. The number of fused-ring (bicyclic) bond motifs is 2. The number of benzene rings is 3. The van der Waals surface area contributed by atoms with Crippen molar-refractivity contribution in [1.82, 2.24) is 15.5 Å². The monoisotopic (exact) mass is 543 g/mol. The van der Waals surface area contributed by atoms with Crippen LogP contribution in [0.25, 0.3) is 32.3 Å². The molecule has 10 heteroatoms. The molecule has 0 radical (unpaired) electrons. The number of hydrogen-bond donors (Lipinski definition) is 3. The highest BCUT2D eigenvalue weighted by Crippen LogP contribution is 2.34. The highest BCUT2D eigenvalue weighted by molar-refractivity contribution is 7.17. The van der Waals surface area contributed by atoms with E-state index in [4.69, 9.17) is 20.7 Å². The molecule has 0 saturated heterocycles. The molecule has 5 aromatic rings. The van der Waals surface area contributed by atoms with E-state index in [0.29, 0.717) is 37.3 Å². The molecule has 200 valence electrons. The van der Waals surface area contributed by atoms with Gasteiger partial charge < -0.3 is 26.0 Å². The average Bonchev–Trinajstić information content (AvgIpc) is 3.56. The summed E-state index contributed by atoms with van der Waals surface area (Å²) < 4.78 is 12.7. The predicted octanol–water partition coefficient (Wildman–Crippen LogP) is 3.98. The van der Waals surface area contributed by atoms with Crippen molar-refractivity contribution in [1.29, 1.82) is 0 Å². The number of ether oxygens (including phenoxy) is 1. The minimum atomic E-state index is -0.603. The number of nitrogens with zero attached hydrogens (tertiary/aromatic N) is 2. The minimum Gasteiger partial charge on any atom is -0.493 e. The fraction of sp³-hybridized carbons (Fsp3) is 0.241. The summed E-state index contributed by atoms with van der Waals surface area (Å²) >= 11 is 1.66. The Labute approximate surface area is 229 Å². The smallest absolute Gasteiger partial charge is 0.261 e. The number of primary amides is 1. The van der Waals surface area contributed by atoms with E-state index in [1.807, 2.05) is 48.5 Å². The number of hydrogen-bond acceptors (Lipinski definition) is 8. The van der Waals surface area contributed by atoms with Crippen LogP contribution in [0.4, 0.5) is 0 Å². The van der Waals surface area contributed by atoms with Crippen LogP contribution in [-0.2, 0) is 22.4 Å². The molecule has 39 heavy (non-hydrogen) atoms. The fourth-order valence-corrected chi connectivity index (χ4v) is 5.34. The van der Waals surface area contributed by atoms with Gasteiger partial charge in [-0.15, -0.1) is 11.3 Å². The molecule has 1 unspecified atom stereocenters. The van der Waals surface area contributed by atoms with E-state index < -0.39 is 11.9 Å². The highest BCUT2D eigenvalue weighted by Gasteiger charge is 2.18. The molecule has 0 fully saturated rings. The maximum atomic E-state index is 12.5. The molecule has 3 aromatic carbocycles. The van der Waals surface area contributed by atoms with E-state index in [2.05, 4.69) is 33.0 Å². The van der Waals surface area contributed by atoms with Crippen molar-refractivity contribution < 1.29 is 18.8 Å². The zero-order chi connectivity index (χ0) is 27.2. The first-order chi connectivity index (χ1) is 19.0. The van der Waals surface area contributed by atoms with Gasteiger partial charge in [0.2, 0.25) is 11.8 Å². The van der Waals surface area contributed by atoms with Crippen LogP contribution < -0.4 is 21.5 Å². The van der Waals surface area contributed by atoms with Gasteiger partial charge >= 0.3 is 0 Å². The molecule has 1 atom stereocenters. The van der Waals surface area contributed by atoms with Crippen molar-refractivity contribution in [2.45, 2.75) is 31.7 Å². The second-order valence-electron chi connectivity index (χ2n) is 9.27. The van der Waals surface area contributed by atoms with Gasteiger partial charge in [-0.05, 0) is 64.6 Å². The molecule has 5 rings (SSSR count). The van der Waals surface area contributed by atoms with Crippen LogP contribution in [-0.4, -0.2) is 41.1 Å². The topological polar surface area (TPSA) is 146 Å². The first-order valence-corrected chi connectivity index (χ1v) is 13.6. The van der Waals surface area contributed by atoms with Crippen LogP contribution in [0.3, 0.4) is 0 Å². The molecule has 9 nitrogen and oxygen atoms in total. The molecule has 0 aliphatic rings. The first kappa shape index (κ1) is 26.3. The van der Waals surface area contributed by atoms with Crippen molar-refractivity contribution in [2.24, 2.45) is 11.5 Å². The van der Waals surface area contributed by atoms with Gasteiger partial charge in [-0.3, -0.25) is 9.59 Å². The van der Waals surface area contributed by atoms with Crippen molar-refractivity contribution in [3.63, 3.8) is 0 Å². The van der Waals surface area contributed by atoms with Crippen LogP contribution in [0.1, 0.15) is 24.2 Å². The molecular formula is C29H29N5O4S. The summed E-state index contributed by atoms with van der Waals surface area (Å²) in [5.41, 5.74) is 13.2. The van der Waals surface area contributed by atoms with E-state index in [-0.39, 0.29) is 24.0 Å². The Bertz CT molecular complexity index is 1610. The van der Waals surface area contributed by atoms with E-state index >= 15 is 0 Å². The lowest BCUT2D eigenvalue weighted by Crippen LogP contribution is -2.42. The zero-order valence-electron chi connectivity index (χ0n) is 21.3. The third-order valence-corrected chi connectivity index (χ3v) is 7.36. The number of unbranched alkanes of at least 4 members (excludes halogenated alkanes) is 1. The molecular weight excluding hydrogens is 514 g/mol. The molecule has 0 spiro atoms. The molecule has 2 heterocycles. The van der Waals surface area contributed by atoms with Crippen LogP contribution >= 0.6 is 11.3 Å². The summed E-state index contributed by atoms with van der Waals surface area (Å²) in [6.45, 7) is 0.932. The number of carbonyl (C=O) groups excluding carboxylic acids is 2. The lowest BCUT2D eigenvalue weighted by atomic mass is 10.1. The van der Waals surface area contributed by atoms with Gasteiger partial charge in [0.1, 0.15) is 5.75 Å². The Balaban J connectivity index is 1.14. The zero-order valence-corrected chi connectivity index (χ0v) is 22.1. The Hall–Kier alpha value is -4.28. The first-order valence-electron chi connectivity index (χ1n) is 12.7. The van der Waals surface area contributed by atoms with Gasteiger partial charge in [-0.2, -0.15) is 4.98 Å².